The molecule has 0 atom stereocenters. The molecule has 1 aromatic rings. The Morgan fingerprint density at radius 3 is 2.86 bits per heavy atom. The number of hydrogen-bond acceptors (Lipinski definition) is 4. The van der Waals surface area contributed by atoms with E-state index in [2.05, 4.69) is 23.3 Å². The lowest BCUT2D eigenvalue weighted by Crippen LogP contribution is -2.49. The van der Waals surface area contributed by atoms with Crippen LogP contribution in [0.15, 0.2) is 18.3 Å². The third kappa shape index (κ3) is 3.33. The number of ether oxygens (including phenoxy) is 1. The zero-order valence-corrected chi connectivity index (χ0v) is 12.6. The van der Waals surface area contributed by atoms with Crippen molar-refractivity contribution in [3.8, 4) is 11.9 Å². The molecule has 1 aliphatic carbocycles. The lowest BCUT2D eigenvalue weighted by molar-refractivity contribution is 0.0887. The fourth-order valence-electron chi connectivity index (χ4n) is 2.85. The summed E-state index contributed by atoms with van der Waals surface area (Å²) in [5.74, 6) is 0.651. The molecule has 0 bridgehead atoms. The summed E-state index contributed by atoms with van der Waals surface area (Å²) >= 11 is 0. The smallest absolute Gasteiger partial charge is 0.258 e. The minimum absolute atomic E-state index is 0.283. The van der Waals surface area contributed by atoms with Crippen LogP contribution < -0.4 is 10.1 Å². The topological polar surface area (TPSA) is 75.0 Å². The standard InChI is InChI=1S/C16H21N3O2/c1-3-12-6-8-16(11-17,9-7-12)19-14(20)13-5-4-10-18-15(13)21-2/h4-5,10,12H,3,6-9H2,1-2H3,(H,19,20). The summed E-state index contributed by atoms with van der Waals surface area (Å²) in [6.07, 6.45) is 6.07. The molecule has 1 fully saturated rings. The zero-order valence-electron chi connectivity index (χ0n) is 12.6. The summed E-state index contributed by atoms with van der Waals surface area (Å²) in [6.45, 7) is 2.17. The van der Waals surface area contributed by atoms with Crippen LogP contribution in [-0.2, 0) is 0 Å². The average Bonchev–Trinajstić information content (AvgIpc) is 2.55. The monoisotopic (exact) mass is 287 g/mol. The number of aromatic nitrogens is 1. The van der Waals surface area contributed by atoms with Crippen LogP contribution in [0.3, 0.4) is 0 Å². The van der Waals surface area contributed by atoms with Crippen LogP contribution in [0.25, 0.3) is 0 Å². The van der Waals surface area contributed by atoms with Gasteiger partial charge in [-0.3, -0.25) is 4.79 Å². The second kappa shape index (κ2) is 6.57. The Kier molecular flexibility index (Phi) is 4.79. The molecule has 5 nitrogen and oxygen atoms in total. The number of nitriles is 1. The first-order valence-corrected chi connectivity index (χ1v) is 7.37. The van der Waals surface area contributed by atoms with Gasteiger partial charge in [-0.2, -0.15) is 5.26 Å². The highest BCUT2D eigenvalue weighted by Crippen LogP contribution is 2.33. The van der Waals surface area contributed by atoms with Crippen LogP contribution in [0.5, 0.6) is 5.88 Å². The largest absolute Gasteiger partial charge is 0.480 e. The van der Waals surface area contributed by atoms with E-state index in [0.29, 0.717) is 24.3 Å². The molecular formula is C16H21N3O2. The zero-order chi connectivity index (χ0) is 15.3. The van der Waals surface area contributed by atoms with Gasteiger partial charge in [0.25, 0.3) is 5.91 Å². The highest BCUT2D eigenvalue weighted by atomic mass is 16.5. The average molecular weight is 287 g/mol. The number of amides is 1. The number of carbonyl (C=O) groups excluding carboxylic acids is 1. The van der Waals surface area contributed by atoms with Gasteiger partial charge in [0.15, 0.2) is 0 Å². The summed E-state index contributed by atoms with van der Waals surface area (Å²) < 4.78 is 5.10. The van der Waals surface area contributed by atoms with Crippen LogP contribution in [0.2, 0.25) is 0 Å². The van der Waals surface area contributed by atoms with Crippen molar-refractivity contribution in [2.75, 3.05) is 7.11 Å². The van der Waals surface area contributed by atoms with E-state index < -0.39 is 5.54 Å². The summed E-state index contributed by atoms with van der Waals surface area (Å²) in [4.78, 5) is 16.4. The Labute approximate surface area is 125 Å². The summed E-state index contributed by atoms with van der Waals surface area (Å²) in [5, 5.41) is 12.4. The minimum atomic E-state index is -0.760. The lowest BCUT2D eigenvalue weighted by atomic mass is 9.76. The molecule has 112 valence electrons. The SMILES string of the molecule is CCC1CCC(C#N)(NC(=O)c2cccnc2OC)CC1. The van der Waals surface area contributed by atoms with Crippen molar-refractivity contribution in [2.45, 2.75) is 44.6 Å². The van der Waals surface area contributed by atoms with Gasteiger partial charge >= 0.3 is 0 Å². The van der Waals surface area contributed by atoms with Crippen LogP contribution >= 0.6 is 0 Å². The number of rotatable bonds is 4. The third-order valence-electron chi connectivity index (χ3n) is 4.31. The number of carbonyl (C=O) groups is 1. The molecule has 0 spiro atoms. The molecule has 1 N–H and O–H groups in total. The van der Waals surface area contributed by atoms with Gasteiger partial charge in [-0.05, 0) is 43.7 Å². The maximum Gasteiger partial charge on any atom is 0.258 e. The first-order chi connectivity index (χ1) is 10.1. The number of nitrogens with zero attached hydrogens (tertiary/aromatic N) is 2. The van der Waals surface area contributed by atoms with Crippen molar-refractivity contribution in [2.24, 2.45) is 5.92 Å². The molecule has 0 aliphatic heterocycles. The van der Waals surface area contributed by atoms with Gasteiger partial charge in [0.2, 0.25) is 5.88 Å². The van der Waals surface area contributed by atoms with Crippen molar-refractivity contribution in [3.05, 3.63) is 23.9 Å². The predicted molar refractivity (Wildman–Crippen MR) is 78.8 cm³/mol. The van der Waals surface area contributed by atoms with Crippen LogP contribution in [0.4, 0.5) is 0 Å². The van der Waals surface area contributed by atoms with Gasteiger partial charge in [-0.25, -0.2) is 4.98 Å². The molecule has 0 saturated heterocycles. The highest BCUT2D eigenvalue weighted by Gasteiger charge is 2.37. The number of pyridine rings is 1. The van der Waals surface area contributed by atoms with E-state index in [0.717, 1.165) is 19.3 Å². The normalized spacial score (nSPS) is 24.9. The van der Waals surface area contributed by atoms with Crippen molar-refractivity contribution >= 4 is 5.91 Å². The maximum atomic E-state index is 12.4. The lowest BCUT2D eigenvalue weighted by Gasteiger charge is -2.35. The van der Waals surface area contributed by atoms with Crippen LogP contribution in [-0.4, -0.2) is 23.5 Å². The van der Waals surface area contributed by atoms with Crippen molar-refractivity contribution in [1.82, 2.24) is 10.3 Å². The summed E-state index contributed by atoms with van der Waals surface area (Å²) in [5.41, 5.74) is -0.392. The van der Waals surface area contributed by atoms with E-state index in [1.807, 2.05) is 0 Å². The maximum absolute atomic E-state index is 12.4. The number of nitrogens with one attached hydrogen (secondary N) is 1. The molecule has 0 unspecified atom stereocenters. The van der Waals surface area contributed by atoms with E-state index in [4.69, 9.17) is 4.74 Å². The van der Waals surface area contributed by atoms with Gasteiger partial charge in [0.05, 0.1) is 13.2 Å². The van der Waals surface area contributed by atoms with Gasteiger partial charge in [-0.1, -0.05) is 13.3 Å². The Bertz CT molecular complexity index is 543. The third-order valence-corrected chi connectivity index (χ3v) is 4.31. The van der Waals surface area contributed by atoms with E-state index in [1.54, 1.807) is 18.3 Å². The van der Waals surface area contributed by atoms with E-state index >= 15 is 0 Å². The van der Waals surface area contributed by atoms with Crippen molar-refractivity contribution in [3.63, 3.8) is 0 Å². The molecule has 5 heteroatoms. The molecule has 0 radical (unpaired) electrons. The molecule has 1 aromatic heterocycles. The molecule has 21 heavy (non-hydrogen) atoms. The van der Waals surface area contributed by atoms with Crippen LogP contribution in [0, 0.1) is 17.2 Å². The fourth-order valence-corrected chi connectivity index (χ4v) is 2.85. The highest BCUT2D eigenvalue weighted by molar-refractivity contribution is 5.97. The first kappa shape index (κ1) is 15.3. The van der Waals surface area contributed by atoms with Gasteiger partial charge in [-0.15, -0.1) is 0 Å². The molecule has 0 aromatic carbocycles. The van der Waals surface area contributed by atoms with Crippen molar-refractivity contribution < 1.29 is 9.53 Å². The van der Waals surface area contributed by atoms with E-state index in [9.17, 15) is 10.1 Å². The molecule has 1 heterocycles. The summed E-state index contributed by atoms with van der Waals surface area (Å²) in [6, 6.07) is 5.65. The van der Waals surface area contributed by atoms with Crippen LogP contribution in [0.1, 0.15) is 49.4 Å². The second-order valence-corrected chi connectivity index (χ2v) is 5.56. The Morgan fingerprint density at radius 1 is 1.57 bits per heavy atom. The summed E-state index contributed by atoms with van der Waals surface area (Å²) in [7, 11) is 1.48. The Morgan fingerprint density at radius 2 is 2.29 bits per heavy atom. The predicted octanol–water partition coefficient (Wildman–Crippen LogP) is 2.68. The minimum Gasteiger partial charge on any atom is -0.480 e. The Hall–Kier alpha value is -2.09. The Balaban J connectivity index is 2.12. The van der Waals surface area contributed by atoms with Gasteiger partial charge < -0.3 is 10.1 Å². The quantitative estimate of drug-likeness (QED) is 0.923. The van der Waals surface area contributed by atoms with Gasteiger partial charge in [0.1, 0.15) is 11.1 Å². The molecule has 2 rings (SSSR count). The molecular weight excluding hydrogens is 266 g/mol. The first-order valence-electron chi connectivity index (χ1n) is 7.37. The second-order valence-electron chi connectivity index (χ2n) is 5.56. The van der Waals surface area contributed by atoms with Crippen molar-refractivity contribution in [1.29, 1.82) is 5.26 Å². The van der Waals surface area contributed by atoms with E-state index in [1.165, 1.54) is 7.11 Å². The number of methoxy groups -OCH3 is 1. The molecule has 1 amide bonds. The molecule has 1 saturated carbocycles. The number of hydrogen-bond donors (Lipinski definition) is 1. The van der Waals surface area contributed by atoms with Gasteiger partial charge in [0, 0.05) is 6.20 Å². The fraction of sp³-hybridized carbons (Fsp3) is 0.562. The van der Waals surface area contributed by atoms with E-state index in [-0.39, 0.29) is 11.8 Å². The molecule has 1 aliphatic rings.